The number of esters is 1. The topological polar surface area (TPSA) is 26.3 Å². The van der Waals surface area contributed by atoms with E-state index < -0.39 is 0 Å². The SMILES string of the molecule is CC1(C)CCCC(C)(C2=C[C@H]3COC(=O)[C@H]3CC2)C1. The molecule has 3 aliphatic rings. The number of cyclic esters (lactones) is 1. The quantitative estimate of drug-likeness (QED) is 0.525. The third kappa shape index (κ3) is 2.34. The molecule has 19 heavy (non-hydrogen) atoms. The van der Waals surface area contributed by atoms with Gasteiger partial charge in [-0.15, -0.1) is 0 Å². The van der Waals surface area contributed by atoms with Gasteiger partial charge in [0.2, 0.25) is 0 Å². The second kappa shape index (κ2) is 4.36. The number of hydrogen-bond acceptors (Lipinski definition) is 2. The molecule has 2 nitrogen and oxygen atoms in total. The van der Waals surface area contributed by atoms with Gasteiger partial charge in [-0.25, -0.2) is 0 Å². The van der Waals surface area contributed by atoms with Gasteiger partial charge < -0.3 is 4.74 Å². The van der Waals surface area contributed by atoms with Crippen LogP contribution in [0.25, 0.3) is 0 Å². The number of carbonyl (C=O) groups is 1. The van der Waals surface area contributed by atoms with Gasteiger partial charge in [-0.3, -0.25) is 4.79 Å². The Kier molecular flexibility index (Phi) is 3.03. The van der Waals surface area contributed by atoms with Crippen LogP contribution in [-0.4, -0.2) is 12.6 Å². The first-order valence-electron chi connectivity index (χ1n) is 7.78. The van der Waals surface area contributed by atoms with Crippen molar-refractivity contribution >= 4 is 5.97 Å². The Balaban J connectivity index is 1.82. The van der Waals surface area contributed by atoms with Crippen molar-refractivity contribution in [2.75, 3.05) is 6.61 Å². The minimum Gasteiger partial charge on any atom is -0.465 e. The van der Waals surface area contributed by atoms with E-state index in [0.717, 1.165) is 12.8 Å². The van der Waals surface area contributed by atoms with E-state index in [9.17, 15) is 4.79 Å². The van der Waals surface area contributed by atoms with Crippen molar-refractivity contribution in [1.29, 1.82) is 0 Å². The lowest BCUT2D eigenvalue weighted by atomic mass is 9.59. The van der Waals surface area contributed by atoms with Gasteiger partial charge in [0.1, 0.15) is 0 Å². The lowest BCUT2D eigenvalue weighted by molar-refractivity contribution is -0.141. The summed E-state index contributed by atoms with van der Waals surface area (Å²) in [5, 5.41) is 0. The summed E-state index contributed by atoms with van der Waals surface area (Å²) in [6.07, 6.45) is 9.80. The van der Waals surface area contributed by atoms with E-state index in [-0.39, 0.29) is 11.9 Å². The fourth-order valence-corrected chi connectivity index (χ4v) is 4.69. The Bertz CT molecular complexity index is 421. The van der Waals surface area contributed by atoms with Gasteiger partial charge >= 0.3 is 5.97 Å². The fraction of sp³-hybridized carbons (Fsp3) is 0.824. The molecule has 106 valence electrons. The summed E-state index contributed by atoms with van der Waals surface area (Å²) >= 11 is 0. The van der Waals surface area contributed by atoms with Crippen molar-refractivity contribution in [3.63, 3.8) is 0 Å². The first-order valence-corrected chi connectivity index (χ1v) is 7.78. The van der Waals surface area contributed by atoms with E-state index in [0.29, 0.717) is 23.4 Å². The lowest BCUT2D eigenvalue weighted by Crippen LogP contribution is -2.34. The van der Waals surface area contributed by atoms with Crippen LogP contribution in [0.15, 0.2) is 11.6 Å². The Hall–Kier alpha value is -0.790. The Morgan fingerprint density at radius 3 is 2.79 bits per heavy atom. The Morgan fingerprint density at radius 1 is 1.26 bits per heavy atom. The van der Waals surface area contributed by atoms with Crippen LogP contribution in [0.2, 0.25) is 0 Å². The standard InChI is InChI=1S/C17H26O2/c1-16(2)7-4-8-17(3,11-16)13-5-6-14-12(9-13)10-19-15(14)18/h9,12,14H,4-8,10-11H2,1-3H3/t12-,14-,17?/m0/s1. The minimum atomic E-state index is 0.0365. The zero-order valence-corrected chi connectivity index (χ0v) is 12.5. The maximum atomic E-state index is 11.6. The molecule has 1 unspecified atom stereocenters. The minimum absolute atomic E-state index is 0.0365. The summed E-state index contributed by atoms with van der Waals surface area (Å²) in [7, 11) is 0. The number of fused-ring (bicyclic) bond motifs is 1. The van der Waals surface area contributed by atoms with Crippen LogP contribution in [0.4, 0.5) is 0 Å². The van der Waals surface area contributed by atoms with Gasteiger partial charge in [-0.05, 0) is 42.9 Å². The van der Waals surface area contributed by atoms with Crippen LogP contribution in [-0.2, 0) is 9.53 Å². The molecule has 1 saturated carbocycles. The molecule has 1 saturated heterocycles. The van der Waals surface area contributed by atoms with Gasteiger partial charge in [-0.2, -0.15) is 0 Å². The van der Waals surface area contributed by atoms with Crippen molar-refractivity contribution in [2.24, 2.45) is 22.7 Å². The summed E-state index contributed by atoms with van der Waals surface area (Å²) < 4.78 is 5.23. The molecule has 0 radical (unpaired) electrons. The fourth-order valence-electron chi connectivity index (χ4n) is 4.69. The highest BCUT2D eigenvalue weighted by molar-refractivity contribution is 5.75. The van der Waals surface area contributed by atoms with E-state index in [1.165, 1.54) is 25.7 Å². The van der Waals surface area contributed by atoms with Gasteiger partial charge in [-0.1, -0.05) is 38.8 Å². The van der Waals surface area contributed by atoms with E-state index in [2.05, 4.69) is 26.8 Å². The van der Waals surface area contributed by atoms with Crippen molar-refractivity contribution < 1.29 is 9.53 Å². The molecule has 0 spiro atoms. The summed E-state index contributed by atoms with van der Waals surface area (Å²) in [6.45, 7) is 7.86. The number of rotatable bonds is 1. The van der Waals surface area contributed by atoms with Crippen LogP contribution in [0, 0.1) is 22.7 Å². The maximum absolute atomic E-state index is 11.6. The lowest BCUT2D eigenvalue weighted by Gasteiger charge is -2.46. The first-order chi connectivity index (χ1) is 8.90. The molecule has 0 N–H and O–H groups in total. The van der Waals surface area contributed by atoms with Crippen molar-refractivity contribution in [3.05, 3.63) is 11.6 Å². The summed E-state index contributed by atoms with van der Waals surface area (Å²) in [6, 6.07) is 0. The number of hydrogen-bond donors (Lipinski definition) is 0. The van der Waals surface area contributed by atoms with Crippen LogP contribution >= 0.6 is 0 Å². The van der Waals surface area contributed by atoms with Crippen molar-refractivity contribution in [1.82, 2.24) is 0 Å². The van der Waals surface area contributed by atoms with Gasteiger partial charge in [0.05, 0.1) is 12.5 Å². The molecule has 3 atom stereocenters. The molecular formula is C17H26O2. The summed E-state index contributed by atoms with van der Waals surface area (Å²) in [5.41, 5.74) is 2.44. The molecular weight excluding hydrogens is 236 g/mol. The molecule has 2 fully saturated rings. The second-order valence-corrected chi connectivity index (χ2v) is 7.89. The zero-order chi connectivity index (χ0) is 13.7. The zero-order valence-electron chi connectivity index (χ0n) is 12.5. The number of carbonyl (C=O) groups excluding carboxylic acids is 1. The van der Waals surface area contributed by atoms with Crippen LogP contribution < -0.4 is 0 Å². The van der Waals surface area contributed by atoms with Crippen LogP contribution in [0.3, 0.4) is 0 Å². The molecule has 1 heterocycles. The largest absolute Gasteiger partial charge is 0.465 e. The molecule has 3 rings (SSSR count). The number of allylic oxidation sites excluding steroid dienone is 1. The molecule has 0 aromatic rings. The average Bonchev–Trinajstić information content (AvgIpc) is 2.69. The summed E-state index contributed by atoms with van der Waals surface area (Å²) in [5.74, 6) is 0.552. The van der Waals surface area contributed by atoms with Gasteiger partial charge in [0.15, 0.2) is 0 Å². The molecule has 0 aromatic carbocycles. The van der Waals surface area contributed by atoms with E-state index in [4.69, 9.17) is 4.74 Å². The monoisotopic (exact) mass is 262 g/mol. The van der Waals surface area contributed by atoms with E-state index in [1.54, 1.807) is 5.57 Å². The van der Waals surface area contributed by atoms with E-state index >= 15 is 0 Å². The predicted octanol–water partition coefficient (Wildman–Crippen LogP) is 4.10. The predicted molar refractivity (Wildman–Crippen MR) is 75.6 cm³/mol. The van der Waals surface area contributed by atoms with Gasteiger partial charge in [0.25, 0.3) is 0 Å². The normalized spacial score (nSPS) is 41.4. The molecule has 1 aliphatic heterocycles. The summed E-state index contributed by atoms with van der Waals surface area (Å²) in [4.78, 5) is 11.6. The smallest absolute Gasteiger partial charge is 0.309 e. The first kappa shape index (κ1) is 13.2. The third-order valence-electron chi connectivity index (χ3n) is 5.60. The number of ether oxygens (including phenoxy) is 1. The molecule has 2 aliphatic carbocycles. The molecule has 0 aromatic heterocycles. The highest BCUT2D eigenvalue weighted by atomic mass is 16.5. The van der Waals surface area contributed by atoms with Crippen LogP contribution in [0.1, 0.15) is 59.3 Å². The van der Waals surface area contributed by atoms with E-state index in [1.807, 2.05) is 0 Å². The average molecular weight is 262 g/mol. The highest BCUT2D eigenvalue weighted by Gasteiger charge is 2.44. The van der Waals surface area contributed by atoms with Crippen molar-refractivity contribution in [2.45, 2.75) is 59.3 Å². The van der Waals surface area contributed by atoms with Crippen molar-refractivity contribution in [3.8, 4) is 0 Å². The van der Waals surface area contributed by atoms with Crippen LogP contribution in [0.5, 0.6) is 0 Å². The molecule has 0 amide bonds. The van der Waals surface area contributed by atoms with Gasteiger partial charge in [0, 0.05) is 5.92 Å². The molecule has 0 bridgehead atoms. The Labute approximate surface area is 116 Å². The Morgan fingerprint density at radius 2 is 2.05 bits per heavy atom. The second-order valence-electron chi connectivity index (χ2n) is 7.89. The highest BCUT2D eigenvalue weighted by Crippen LogP contribution is 2.53. The molecule has 2 heteroatoms. The third-order valence-corrected chi connectivity index (χ3v) is 5.60. The maximum Gasteiger partial charge on any atom is 0.309 e.